The number of nitrogens with two attached hydrogens (primary N) is 1. The molecule has 0 aliphatic heterocycles. The van der Waals surface area contributed by atoms with Crippen LogP contribution in [0.1, 0.15) is 12.5 Å². The molecular weight excluding hydrogens is 263 g/mol. The lowest BCUT2D eigenvalue weighted by molar-refractivity contribution is 0.626. The van der Waals surface area contributed by atoms with Gasteiger partial charge in [0.25, 0.3) is 0 Å². The number of guanidine groups is 1. The Hall–Kier alpha value is -1.40. The molecule has 0 unspecified atom stereocenters. The zero-order valence-corrected chi connectivity index (χ0v) is 10.7. The highest BCUT2D eigenvalue weighted by Crippen LogP contribution is 2.27. The number of hydrogen-bond donors (Lipinski definition) is 4. The summed E-state index contributed by atoms with van der Waals surface area (Å²) in [4.78, 5) is 0. The van der Waals surface area contributed by atoms with Crippen molar-refractivity contribution in [3.05, 3.63) is 28.5 Å². The molecule has 92 valence electrons. The fourth-order valence-corrected chi connectivity index (χ4v) is 1.80. The first-order valence-corrected chi connectivity index (χ1v) is 5.62. The Labute approximate surface area is 109 Å². The fourth-order valence-electron chi connectivity index (χ4n) is 1.31. The van der Waals surface area contributed by atoms with Gasteiger partial charge in [-0.2, -0.15) is 0 Å². The van der Waals surface area contributed by atoms with Crippen LogP contribution in [0.25, 0.3) is 0 Å². The van der Waals surface area contributed by atoms with Crippen molar-refractivity contribution in [3.63, 3.8) is 0 Å². The number of anilines is 1. The van der Waals surface area contributed by atoms with E-state index in [1.54, 1.807) is 0 Å². The van der Waals surface area contributed by atoms with Gasteiger partial charge in [0.05, 0.1) is 10.7 Å². The Balaban J connectivity index is 2.97. The number of thiocarbonyl (C=S) groups is 1. The van der Waals surface area contributed by atoms with Gasteiger partial charge < -0.3 is 16.4 Å². The van der Waals surface area contributed by atoms with E-state index < -0.39 is 5.82 Å². The number of aryl methyl sites for hydroxylation is 1. The summed E-state index contributed by atoms with van der Waals surface area (Å²) in [5.74, 6) is -0.679. The van der Waals surface area contributed by atoms with Gasteiger partial charge in [0.1, 0.15) is 5.82 Å². The third-order valence-electron chi connectivity index (χ3n) is 2.00. The number of benzene rings is 1. The topological polar surface area (TPSA) is 73.9 Å². The van der Waals surface area contributed by atoms with Crippen molar-refractivity contribution >= 4 is 40.6 Å². The van der Waals surface area contributed by atoms with Gasteiger partial charge in [-0.1, -0.05) is 18.5 Å². The molecule has 0 saturated carbocycles. The Morgan fingerprint density at radius 1 is 1.59 bits per heavy atom. The molecule has 0 radical (unpaired) electrons. The Kier molecular flexibility index (Phi) is 4.65. The maximum absolute atomic E-state index is 13.1. The lowest BCUT2D eigenvalue weighted by Gasteiger charge is -2.14. The van der Waals surface area contributed by atoms with E-state index >= 15 is 0 Å². The second-order valence-electron chi connectivity index (χ2n) is 3.27. The molecule has 0 aliphatic rings. The van der Waals surface area contributed by atoms with E-state index in [0.717, 1.165) is 0 Å². The molecule has 0 atom stereocenters. The SMILES string of the molecule is CCc1cc(F)cc(Cl)c1NC(=S)NC(=N)N. The zero-order valence-electron chi connectivity index (χ0n) is 9.10. The van der Waals surface area contributed by atoms with Gasteiger partial charge >= 0.3 is 0 Å². The van der Waals surface area contributed by atoms with Crippen molar-refractivity contribution < 1.29 is 4.39 Å². The molecular formula is C10H12ClFN4S. The molecule has 0 amide bonds. The second kappa shape index (κ2) is 5.79. The molecule has 0 aromatic heterocycles. The number of halogens is 2. The van der Waals surface area contributed by atoms with E-state index in [9.17, 15) is 4.39 Å². The van der Waals surface area contributed by atoms with Crippen molar-refractivity contribution in [1.29, 1.82) is 5.41 Å². The molecule has 7 heteroatoms. The van der Waals surface area contributed by atoms with Gasteiger partial charge in [-0.25, -0.2) is 4.39 Å². The van der Waals surface area contributed by atoms with Crippen LogP contribution < -0.4 is 16.4 Å². The summed E-state index contributed by atoms with van der Waals surface area (Å²) in [5, 5.41) is 12.6. The molecule has 0 saturated heterocycles. The van der Waals surface area contributed by atoms with Gasteiger partial charge in [-0.05, 0) is 36.3 Å². The third-order valence-corrected chi connectivity index (χ3v) is 2.51. The molecule has 1 aromatic carbocycles. The van der Waals surface area contributed by atoms with Crippen molar-refractivity contribution in [3.8, 4) is 0 Å². The first-order chi connectivity index (χ1) is 7.93. The van der Waals surface area contributed by atoms with Crippen LogP contribution >= 0.6 is 23.8 Å². The molecule has 0 heterocycles. The van der Waals surface area contributed by atoms with E-state index in [-0.39, 0.29) is 16.1 Å². The Bertz CT molecular complexity index is 464. The number of hydrogen-bond acceptors (Lipinski definition) is 2. The highest BCUT2D eigenvalue weighted by molar-refractivity contribution is 7.80. The first-order valence-electron chi connectivity index (χ1n) is 4.84. The van der Waals surface area contributed by atoms with Crippen LogP contribution in [0.3, 0.4) is 0 Å². The van der Waals surface area contributed by atoms with Crippen LogP contribution in [-0.4, -0.2) is 11.1 Å². The number of rotatable bonds is 2. The van der Waals surface area contributed by atoms with E-state index in [2.05, 4.69) is 10.6 Å². The standard InChI is InChI=1S/C10H12ClFN4S/c1-2-5-3-6(12)4-7(11)8(5)15-10(17)16-9(13)14/h3-4H,2H2,1H3,(H5,13,14,15,16,17). The quantitative estimate of drug-likeness (QED) is 0.379. The Morgan fingerprint density at radius 2 is 2.24 bits per heavy atom. The minimum absolute atomic E-state index is 0.140. The van der Waals surface area contributed by atoms with Crippen LogP contribution in [0.2, 0.25) is 5.02 Å². The predicted octanol–water partition coefficient (Wildman–Crippen LogP) is 2.22. The van der Waals surface area contributed by atoms with Crippen LogP contribution in [0.5, 0.6) is 0 Å². The van der Waals surface area contributed by atoms with Gasteiger partial charge in [0.15, 0.2) is 11.1 Å². The predicted molar refractivity (Wildman–Crippen MR) is 72.1 cm³/mol. The summed E-state index contributed by atoms with van der Waals surface area (Å²) in [5.41, 5.74) is 6.35. The smallest absolute Gasteiger partial charge is 0.192 e. The largest absolute Gasteiger partial charge is 0.370 e. The molecule has 0 aliphatic carbocycles. The molecule has 0 fully saturated rings. The van der Waals surface area contributed by atoms with E-state index in [1.165, 1.54) is 12.1 Å². The monoisotopic (exact) mass is 274 g/mol. The maximum atomic E-state index is 13.1. The van der Waals surface area contributed by atoms with Crippen LogP contribution in [-0.2, 0) is 6.42 Å². The second-order valence-corrected chi connectivity index (χ2v) is 4.08. The van der Waals surface area contributed by atoms with Gasteiger partial charge in [-0.15, -0.1) is 0 Å². The first kappa shape index (κ1) is 13.7. The average molecular weight is 275 g/mol. The highest BCUT2D eigenvalue weighted by Gasteiger charge is 2.10. The molecule has 1 aromatic rings. The summed E-state index contributed by atoms with van der Waals surface area (Å²) < 4.78 is 13.1. The van der Waals surface area contributed by atoms with Gasteiger partial charge in [0, 0.05) is 0 Å². The third kappa shape index (κ3) is 3.83. The van der Waals surface area contributed by atoms with Gasteiger partial charge in [0.2, 0.25) is 0 Å². The Morgan fingerprint density at radius 3 is 2.76 bits per heavy atom. The fraction of sp³-hybridized carbons (Fsp3) is 0.200. The lowest BCUT2D eigenvalue weighted by atomic mass is 10.1. The van der Waals surface area contributed by atoms with E-state index in [1.807, 2.05) is 6.92 Å². The van der Waals surface area contributed by atoms with E-state index in [0.29, 0.717) is 17.7 Å². The van der Waals surface area contributed by atoms with Crippen molar-refractivity contribution in [2.45, 2.75) is 13.3 Å². The van der Waals surface area contributed by atoms with Crippen molar-refractivity contribution in [1.82, 2.24) is 5.32 Å². The summed E-state index contributed by atoms with van der Waals surface area (Å²) in [6, 6.07) is 2.57. The van der Waals surface area contributed by atoms with Crippen LogP contribution in [0, 0.1) is 11.2 Å². The lowest BCUT2D eigenvalue weighted by Crippen LogP contribution is -2.38. The normalized spacial score (nSPS) is 9.82. The summed E-state index contributed by atoms with van der Waals surface area (Å²) in [7, 11) is 0. The minimum Gasteiger partial charge on any atom is -0.370 e. The zero-order chi connectivity index (χ0) is 13.0. The van der Waals surface area contributed by atoms with Crippen LogP contribution in [0.4, 0.5) is 10.1 Å². The summed E-state index contributed by atoms with van der Waals surface area (Å²) >= 11 is 10.8. The van der Waals surface area contributed by atoms with Crippen molar-refractivity contribution in [2.24, 2.45) is 5.73 Å². The highest BCUT2D eigenvalue weighted by atomic mass is 35.5. The molecule has 4 nitrogen and oxygen atoms in total. The molecule has 17 heavy (non-hydrogen) atoms. The average Bonchev–Trinajstić information content (AvgIpc) is 2.20. The van der Waals surface area contributed by atoms with Crippen molar-refractivity contribution in [2.75, 3.05) is 5.32 Å². The minimum atomic E-state index is -0.400. The summed E-state index contributed by atoms with van der Waals surface area (Å²) in [6.45, 7) is 1.87. The molecule has 0 spiro atoms. The van der Waals surface area contributed by atoms with E-state index in [4.69, 9.17) is 35.0 Å². The summed E-state index contributed by atoms with van der Waals surface area (Å²) in [6.07, 6.45) is 0.600. The maximum Gasteiger partial charge on any atom is 0.192 e. The molecule has 0 bridgehead atoms. The van der Waals surface area contributed by atoms with Crippen LogP contribution in [0.15, 0.2) is 12.1 Å². The molecule has 5 N–H and O–H groups in total. The molecule has 1 rings (SSSR count). The van der Waals surface area contributed by atoms with Gasteiger partial charge in [-0.3, -0.25) is 5.41 Å². The number of nitrogens with one attached hydrogen (secondary N) is 3.